The summed E-state index contributed by atoms with van der Waals surface area (Å²) >= 11 is 1.56. The average molecular weight is 393 g/mol. The summed E-state index contributed by atoms with van der Waals surface area (Å²) in [6, 6.07) is 13.4. The maximum Gasteiger partial charge on any atom is 0.226 e. The molecule has 0 radical (unpaired) electrons. The molecular formula is C18H21ClN4O2S. The van der Waals surface area contributed by atoms with Crippen molar-refractivity contribution in [2.24, 2.45) is 5.73 Å². The molecule has 1 unspecified atom stereocenters. The van der Waals surface area contributed by atoms with Crippen molar-refractivity contribution in [3.63, 3.8) is 0 Å². The third-order valence-corrected chi connectivity index (χ3v) is 4.62. The van der Waals surface area contributed by atoms with Gasteiger partial charge in [-0.3, -0.25) is 4.79 Å². The van der Waals surface area contributed by atoms with E-state index in [-0.39, 0.29) is 24.4 Å². The SMILES string of the molecule is Cl.NC(CNC(=O)CCCc1nc(-c2cccs2)no1)c1ccccc1. The van der Waals surface area contributed by atoms with Crippen molar-refractivity contribution >= 4 is 29.7 Å². The number of carbonyl (C=O) groups is 1. The minimum absolute atomic E-state index is 0. The quantitative estimate of drug-likeness (QED) is 0.613. The Morgan fingerprint density at radius 1 is 1.23 bits per heavy atom. The Labute approximate surface area is 162 Å². The summed E-state index contributed by atoms with van der Waals surface area (Å²) in [5, 5.41) is 8.79. The normalized spacial score (nSPS) is 11.6. The molecular weight excluding hydrogens is 372 g/mol. The number of hydrogen-bond acceptors (Lipinski definition) is 6. The number of hydrogen-bond donors (Lipinski definition) is 2. The highest BCUT2D eigenvalue weighted by Gasteiger charge is 2.11. The van der Waals surface area contributed by atoms with Crippen LogP contribution in [-0.2, 0) is 11.2 Å². The second-order valence-corrected chi connectivity index (χ2v) is 6.61. The lowest BCUT2D eigenvalue weighted by Crippen LogP contribution is -2.31. The summed E-state index contributed by atoms with van der Waals surface area (Å²) in [6.45, 7) is 0.423. The van der Waals surface area contributed by atoms with Crippen LogP contribution < -0.4 is 11.1 Å². The van der Waals surface area contributed by atoms with Gasteiger partial charge in [0.25, 0.3) is 0 Å². The van der Waals surface area contributed by atoms with E-state index in [0.29, 0.717) is 37.5 Å². The van der Waals surface area contributed by atoms with Crippen LogP contribution in [-0.4, -0.2) is 22.6 Å². The van der Waals surface area contributed by atoms with Gasteiger partial charge in [0.1, 0.15) is 0 Å². The minimum Gasteiger partial charge on any atom is -0.354 e. The zero-order valence-corrected chi connectivity index (χ0v) is 15.8. The zero-order valence-electron chi connectivity index (χ0n) is 14.1. The lowest BCUT2D eigenvalue weighted by atomic mass is 10.1. The van der Waals surface area contributed by atoms with E-state index < -0.39 is 0 Å². The van der Waals surface area contributed by atoms with Crippen LogP contribution in [0.5, 0.6) is 0 Å². The fourth-order valence-corrected chi connectivity index (χ4v) is 3.04. The summed E-state index contributed by atoms with van der Waals surface area (Å²) in [6.07, 6.45) is 1.63. The van der Waals surface area contributed by atoms with Gasteiger partial charge in [-0.25, -0.2) is 0 Å². The number of rotatable bonds is 8. The molecule has 3 aromatic rings. The van der Waals surface area contributed by atoms with Crippen LogP contribution in [0.3, 0.4) is 0 Å². The van der Waals surface area contributed by atoms with Gasteiger partial charge in [-0.15, -0.1) is 23.7 Å². The average Bonchev–Trinajstić information content (AvgIpc) is 3.32. The Balaban J connectivity index is 0.00000243. The zero-order chi connectivity index (χ0) is 17.5. The molecule has 0 spiro atoms. The number of amides is 1. The van der Waals surface area contributed by atoms with Gasteiger partial charge in [0.2, 0.25) is 17.6 Å². The summed E-state index contributed by atoms with van der Waals surface area (Å²) in [5.74, 6) is 1.13. The molecule has 3 rings (SSSR count). The fraction of sp³-hybridized carbons (Fsp3) is 0.278. The number of nitrogens with one attached hydrogen (secondary N) is 1. The molecule has 1 atom stereocenters. The molecule has 0 fully saturated rings. The number of carbonyl (C=O) groups excluding carboxylic acids is 1. The number of aryl methyl sites for hydroxylation is 1. The smallest absolute Gasteiger partial charge is 0.226 e. The molecule has 0 aliphatic carbocycles. The lowest BCUT2D eigenvalue weighted by Gasteiger charge is -2.12. The molecule has 2 heterocycles. The summed E-state index contributed by atoms with van der Waals surface area (Å²) in [4.78, 5) is 17.2. The van der Waals surface area contributed by atoms with Crippen molar-refractivity contribution in [3.8, 4) is 10.7 Å². The molecule has 0 aliphatic rings. The second kappa shape index (κ2) is 10.1. The molecule has 1 aromatic carbocycles. The Morgan fingerprint density at radius 2 is 2.04 bits per heavy atom. The molecule has 6 nitrogen and oxygen atoms in total. The van der Waals surface area contributed by atoms with Crippen LogP contribution in [0.25, 0.3) is 10.7 Å². The van der Waals surface area contributed by atoms with E-state index in [0.717, 1.165) is 10.4 Å². The Hall–Kier alpha value is -2.22. The highest BCUT2D eigenvalue weighted by Crippen LogP contribution is 2.21. The molecule has 3 N–H and O–H groups in total. The van der Waals surface area contributed by atoms with E-state index in [1.54, 1.807) is 11.3 Å². The molecule has 8 heteroatoms. The predicted octanol–water partition coefficient (Wildman–Crippen LogP) is 3.36. The maximum atomic E-state index is 11.9. The van der Waals surface area contributed by atoms with Gasteiger partial charge in [-0.05, 0) is 23.4 Å². The summed E-state index contributed by atoms with van der Waals surface area (Å²) in [5.41, 5.74) is 7.07. The van der Waals surface area contributed by atoms with Gasteiger partial charge in [0.15, 0.2) is 0 Å². The van der Waals surface area contributed by atoms with Crippen molar-refractivity contribution in [3.05, 3.63) is 59.3 Å². The first kappa shape index (κ1) is 20.1. The second-order valence-electron chi connectivity index (χ2n) is 5.66. The van der Waals surface area contributed by atoms with Crippen molar-refractivity contribution in [2.75, 3.05) is 6.54 Å². The summed E-state index contributed by atoms with van der Waals surface area (Å²) in [7, 11) is 0. The largest absolute Gasteiger partial charge is 0.354 e. The highest BCUT2D eigenvalue weighted by atomic mass is 35.5. The third kappa shape index (κ3) is 5.66. The predicted molar refractivity (Wildman–Crippen MR) is 104 cm³/mol. The van der Waals surface area contributed by atoms with Crippen LogP contribution in [0.4, 0.5) is 0 Å². The Kier molecular flexibility index (Phi) is 7.77. The number of benzene rings is 1. The number of nitrogens with zero attached hydrogens (tertiary/aromatic N) is 2. The van der Waals surface area contributed by atoms with E-state index >= 15 is 0 Å². The van der Waals surface area contributed by atoms with E-state index in [1.807, 2.05) is 47.8 Å². The monoisotopic (exact) mass is 392 g/mol. The molecule has 0 aliphatic heterocycles. The molecule has 0 saturated carbocycles. The first-order valence-corrected chi connectivity index (χ1v) is 9.04. The van der Waals surface area contributed by atoms with Gasteiger partial charge < -0.3 is 15.6 Å². The van der Waals surface area contributed by atoms with Crippen LogP contribution >= 0.6 is 23.7 Å². The number of aromatic nitrogens is 2. The van der Waals surface area contributed by atoms with E-state index in [9.17, 15) is 4.79 Å². The molecule has 138 valence electrons. The summed E-state index contributed by atoms with van der Waals surface area (Å²) < 4.78 is 5.22. The van der Waals surface area contributed by atoms with Crippen LogP contribution in [0.15, 0.2) is 52.4 Å². The maximum absolute atomic E-state index is 11.9. The molecule has 0 bridgehead atoms. The molecule has 1 amide bonds. The first-order chi connectivity index (χ1) is 12.2. The number of nitrogens with two attached hydrogens (primary N) is 1. The van der Waals surface area contributed by atoms with Crippen molar-refractivity contribution in [2.45, 2.75) is 25.3 Å². The van der Waals surface area contributed by atoms with Crippen molar-refractivity contribution in [1.29, 1.82) is 0 Å². The Bertz CT molecular complexity index is 793. The van der Waals surface area contributed by atoms with Gasteiger partial charge in [-0.1, -0.05) is 41.6 Å². The lowest BCUT2D eigenvalue weighted by molar-refractivity contribution is -0.121. The minimum atomic E-state index is -0.200. The van der Waals surface area contributed by atoms with Crippen LogP contribution in [0.1, 0.15) is 30.3 Å². The van der Waals surface area contributed by atoms with E-state index in [2.05, 4.69) is 15.5 Å². The third-order valence-electron chi connectivity index (χ3n) is 3.75. The molecule has 2 aromatic heterocycles. The van der Waals surface area contributed by atoms with Gasteiger partial charge in [0.05, 0.1) is 4.88 Å². The topological polar surface area (TPSA) is 94.0 Å². The van der Waals surface area contributed by atoms with Crippen LogP contribution in [0, 0.1) is 0 Å². The molecule has 0 saturated heterocycles. The number of halogens is 1. The van der Waals surface area contributed by atoms with E-state index in [4.69, 9.17) is 10.3 Å². The molecule has 26 heavy (non-hydrogen) atoms. The van der Waals surface area contributed by atoms with Gasteiger partial charge in [-0.2, -0.15) is 4.98 Å². The first-order valence-electron chi connectivity index (χ1n) is 8.16. The van der Waals surface area contributed by atoms with Crippen molar-refractivity contribution in [1.82, 2.24) is 15.5 Å². The van der Waals surface area contributed by atoms with Crippen molar-refractivity contribution < 1.29 is 9.32 Å². The number of thiophene rings is 1. The van der Waals surface area contributed by atoms with Crippen LogP contribution in [0.2, 0.25) is 0 Å². The fourth-order valence-electron chi connectivity index (χ4n) is 2.39. The highest BCUT2D eigenvalue weighted by molar-refractivity contribution is 7.13. The van der Waals surface area contributed by atoms with Gasteiger partial charge in [0, 0.05) is 25.4 Å². The Morgan fingerprint density at radius 3 is 2.77 bits per heavy atom. The van der Waals surface area contributed by atoms with E-state index in [1.165, 1.54) is 0 Å². The van der Waals surface area contributed by atoms with Gasteiger partial charge >= 0.3 is 0 Å². The standard InChI is InChI=1S/C18H20N4O2S.ClH/c19-14(13-6-2-1-3-7-13)12-20-16(23)9-4-10-17-21-18(22-24-17)15-8-5-11-25-15;/h1-3,5-8,11,14H,4,9-10,12,19H2,(H,20,23);1H.